The van der Waals surface area contributed by atoms with Crippen LogP contribution in [0.1, 0.15) is 0 Å². The minimum atomic E-state index is 0.186. The number of para-hydroxylation sites is 1. The van der Waals surface area contributed by atoms with Crippen LogP contribution in [-0.2, 0) is 0 Å². The summed E-state index contributed by atoms with van der Waals surface area (Å²) in [4.78, 5) is 4.30. The number of hydrogen-bond acceptors (Lipinski definition) is 4. The zero-order chi connectivity index (χ0) is 13.5. The van der Waals surface area contributed by atoms with Crippen LogP contribution in [0.15, 0.2) is 54.7 Å². The van der Waals surface area contributed by atoms with Gasteiger partial charge in [0.05, 0.1) is 11.2 Å². The number of aromatic hydroxyl groups is 1. The summed E-state index contributed by atoms with van der Waals surface area (Å²) in [7, 11) is 0. The van der Waals surface area contributed by atoms with Gasteiger partial charge in [0, 0.05) is 11.6 Å². The first-order valence-corrected chi connectivity index (χ1v) is 6.22. The summed E-state index contributed by atoms with van der Waals surface area (Å²) in [5.74, 6) is 0.186. The van der Waals surface area contributed by atoms with Gasteiger partial charge >= 0.3 is 0 Å². The van der Waals surface area contributed by atoms with Crippen molar-refractivity contribution in [2.45, 2.75) is 0 Å². The van der Waals surface area contributed by atoms with Crippen molar-refractivity contribution >= 4 is 16.4 Å². The molecule has 4 aromatic rings. The third-order valence-corrected chi connectivity index (χ3v) is 3.29. The molecule has 3 heterocycles. The lowest BCUT2D eigenvalue weighted by atomic mass is 10.1. The van der Waals surface area contributed by atoms with Gasteiger partial charge in [-0.15, -0.1) is 5.10 Å². The van der Waals surface area contributed by atoms with Gasteiger partial charge in [-0.3, -0.25) is 4.98 Å². The van der Waals surface area contributed by atoms with Crippen LogP contribution in [-0.4, -0.2) is 24.9 Å². The van der Waals surface area contributed by atoms with Crippen LogP contribution in [0.25, 0.3) is 27.8 Å². The molecule has 4 rings (SSSR count). The molecule has 0 saturated heterocycles. The smallest absolute Gasteiger partial charge is 0.141 e. The minimum absolute atomic E-state index is 0.186. The van der Waals surface area contributed by atoms with E-state index < -0.39 is 0 Å². The van der Waals surface area contributed by atoms with Gasteiger partial charge in [0.2, 0.25) is 0 Å². The summed E-state index contributed by atoms with van der Waals surface area (Å²) in [6.45, 7) is 0. The van der Waals surface area contributed by atoms with Crippen molar-refractivity contribution in [3.63, 3.8) is 0 Å². The summed E-state index contributed by atoms with van der Waals surface area (Å²) < 4.78 is 1.65. The quantitative estimate of drug-likeness (QED) is 0.572. The van der Waals surface area contributed by atoms with E-state index in [-0.39, 0.29) is 5.75 Å². The van der Waals surface area contributed by atoms with Crippen molar-refractivity contribution in [1.29, 1.82) is 0 Å². The molecular weight excluding hydrogens is 252 g/mol. The maximum Gasteiger partial charge on any atom is 0.141 e. The van der Waals surface area contributed by atoms with Gasteiger partial charge in [-0.05, 0) is 24.3 Å². The Morgan fingerprint density at radius 3 is 2.75 bits per heavy atom. The van der Waals surface area contributed by atoms with Crippen molar-refractivity contribution in [3.05, 3.63) is 54.7 Å². The van der Waals surface area contributed by atoms with E-state index in [0.717, 1.165) is 16.6 Å². The van der Waals surface area contributed by atoms with Gasteiger partial charge < -0.3 is 5.11 Å². The summed E-state index contributed by atoms with van der Waals surface area (Å²) in [5, 5.41) is 19.3. The predicted octanol–water partition coefficient (Wildman–Crippen LogP) is 2.65. The molecule has 0 radical (unpaired) electrons. The van der Waals surface area contributed by atoms with E-state index in [0.29, 0.717) is 11.2 Å². The number of pyridine rings is 2. The number of benzene rings is 1. The number of phenols is 1. The van der Waals surface area contributed by atoms with Crippen molar-refractivity contribution in [2.75, 3.05) is 0 Å². The van der Waals surface area contributed by atoms with Gasteiger partial charge in [0.1, 0.15) is 17.0 Å². The Kier molecular flexibility index (Phi) is 2.20. The second-order valence-electron chi connectivity index (χ2n) is 4.50. The fourth-order valence-corrected chi connectivity index (χ4v) is 2.37. The zero-order valence-corrected chi connectivity index (χ0v) is 10.4. The molecule has 0 amide bonds. The first-order valence-electron chi connectivity index (χ1n) is 6.22. The molecule has 0 bridgehead atoms. The van der Waals surface area contributed by atoms with E-state index in [9.17, 15) is 5.11 Å². The molecule has 5 nitrogen and oxygen atoms in total. The number of nitrogens with zero attached hydrogens (tertiary/aromatic N) is 4. The molecule has 0 spiro atoms. The summed E-state index contributed by atoms with van der Waals surface area (Å²) >= 11 is 0. The Bertz CT molecular complexity index is 915. The second kappa shape index (κ2) is 4.03. The number of hydrogen-bond donors (Lipinski definition) is 1. The van der Waals surface area contributed by atoms with E-state index in [1.54, 1.807) is 22.8 Å². The van der Waals surface area contributed by atoms with E-state index >= 15 is 0 Å². The van der Waals surface area contributed by atoms with E-state index in [1.807, 2.05) is 36.4 Å². The highest BCUT2D eigenvalue weighted by molar-refractivity contribution is 5.89. The van der Waals surface area contributed by atoms with Crippen LogP contribution in [0, 0.1) is 0 Å². The maximum atomic E-state index is 10.0. The van der Waals surface area contributed by atoms with Crippen molar-refractivity contribution in [3.8, 4) is 17.1 Å². The largest absolute Gasteiger partial charge is 0.506 e. The predicted molar refractivity (Wildman–Crippen MR) is 75.4 cm³/mol. The normalized spacial score (nSPS) is 11.2. The van der Waals surface area contributed by atoms with Crippen LogP contribution < -0.4 is 0 Å². The molecule has 0 atom stereocenters. The summed E-state index contributed by atoms with van der Waals surface area (Å²) in [6, 6.07) is 14.9. The van der Waals surface area contributed by atoms with Crippen molar-refractivity contribution < 1.29 is 5.11 Å². The Hall–Kier alpha value is -2.95. The molecule has 0 aliphatic rings. The molecule has 1 aromatic carbocycles. The van der Waals surface area contributed by atoms with E-state index in [4.69, 9.17) is 0 Å². The van der Waals surface area contributed by atoms with Crippen molar-refractivity contribution in [1.82, 2.24) is 19.8 Å². The van der Waals surface area contributed by atoms with Crippen LogP contribution in [0.5, 0.6) is 5.75 Å². The van der Waals surface area contributed by atoms with Crippen LogP contribution in [0.2, 0.25) is 0 Å². The molecule has 1 N–H and O–H groups in total. The van der Waals surface area contributed by atoms with Crippen LogP contribution >= 0.6 is 0 Å². The number of aromatic nitrogens is 4. The average Bonchev–Trinajstić information content (AvgIpc) is 2.92. The highest BCUT2D eigenvalue weighted by atomic mass is 16.3. The molecule has 0 saturated carbocycles. The topological polar surface area (TPSA) is 63.3 Å². The first-order chi connectivity index (χ1) is 9.84. The lowest BCUT2D eigenvalue weighted by Crippen LogP contribution is -1.90. The molecule has 0 aliphatic heterocycles. The fourth-order valence-electron chi connectivity index (χ4n) is 2.37. The van der Waals surface area contributed by atoms with Gasteiger partial charge in [-0.2, -0.15) is 0 Å². The van der Waals surface area contributed by atoms with Crippen molar-refractivity contribution in [2.24, 2.45) is 0 Å². The monoisotopic (exact) mass is 262 g/mol. The SMILES string of the molecule is Oc1cccc2ccc3c(-c4ccccn4)nnn3c12. The third kappa shape index (κ3) is 1.46. The van der Waals surface area contributed by atoms with Gasteiger partial charge in [-0.25, -0.2) is 4.52 Å². The number of rotatable bonds is 1. The Morgan fingerprint density at radius 2 is 1.90 bits per heavy atom. The van der Waals surface area contributed by atoms with Gasteiger partial charge in [-0.1, -0.05) is 29.5 Å². The Morgan fingerprint density at radius 1 is 0.950 bits per heavy atom. The molecule has 0 fully saturated rings. The fraction of sp³-hybridized carbons (Fsp3) is 0. The number of fused-ring (bicyclic) bond motifs is 3. The molecule has 5 heteroatoms. The first kappa shape index (κ1) is 10.9. The van der Waals surface area contributed by atoms with Crippen LogP contribution in [0.4, 0.5) is 0 Å². The molecule has 0 aliphatic carbocycles. The zero-order valence-electron chi connectivity index (χ0n) is 10.4. The lowest BCUT2D eigenvalue weighted by Gasteiger charge is -2.03. The Labute approximate surface area is 114 Å². The lowest BCUT2D eigenvalue weighted by molar-refractivity contribution is 0.479. The molecule has 3 aromatic heterocycles. The Balaban J connectivity index is 2.10. The highest BCUT2D eigenvalue weighted by Crippen LogP contribution is 2.28. The molecule has 20 heavy (non-hydrogen) atoms. The average molecular weight is 262 g/mol. The maximum absolute atomic E-state index is 10.0. The van der Waals surface area contributed by atoms with Gasteiger partial charge in [0.15, 0.2) is 0 Å². The minimum Gasteiger partial charge on any atom is -0.506 e. The summed E-state index contributed by atoms with van der Waals surface area (Å²) in [6.07, 6.45) is 1.72. The molecular formula is C15H10N4O. The van der Waals surface area contributed by atoms with E-state index in [2.05, 4.69) is 15.3 Å². The van der Waals surface area contributed by atoms with E-state index in [1.165, 1.54) is 0 Å². The second-order valence-corrected chi connectivity index (χ2v) is 4.50. The third-order valence-electron chi connectivity index (χ3n) is 3.29. The molecule has 0 unspecified atom stereocenters. The van der Waals surface area contributed by atoms with Gasteiger partial charge in [0.25, 0.3) is 0 Å². The molecule has 96 valence electrons. The van der Waals surface area contributed by atoms with Crippen LogP contribution in [0.3, 0.4) is 0 Å². The summed E-state index contributed by atoms with van der Waals surface area (Å²) in [5.41, 5.74) is 2.94. The number of phenolic OH excluding ortho intramolecular Hbond substituents is 1. The standard InChI is InChI=1S/C15H10N4O/c20-13-6-3-4-10-7-8-12-14(11-5-1-2-9-16-11)17-18-19(12)15(10)13/h1-9,20H. The highest BCUT2D eigenvalue weighted by Gasteiger charge is 2.13.